The molecule has 152 valence electrons. The zero-order valence-electron chi connectivity index (χ0n) is 15.9. The number of rotatable bonds is 7. The second-order valence-electron chi connectivity index (χ2n) is 6.45. The van der Waals surface area contributed by atoms with Crippen molar-refractivity contribution in [2.24, 2.45) is 0 Å². The topological polar surface area (TPSA) is 30.5 Å². The molecule has 3 nitrogen and oxygen atoms in total. The minimum Gasteiger partial charge on any atom is -0.493 e. The Labute approximate surface area is 190 Å². The second kappa shape index (κ2) is 9.82. The van der Waals surface area contributed by atoms with Crippen molar-refractivity contribution >= 4 is 52.1 Å². The van der Waals surface area contributed by atoms with Crippen LogP contribution in [0.15, 0.2) is 48.5 Å². The lowest BCUT2D eigenvalue weighted by Gasteiger charge is -2.16. The molecule has 0 radical (unpaired) electrons. The summed E-state index contributed by atoms with van der Waals surface area (Å²) in [5.41, 5.74) is 3.82. The Kier molecular flexibility index (Phi) is 7.42. The third-order valence-corrected chi connectivity index (χ3v) is 5.46. The molecule has 29 heavy (non-hydrogen) atoms. The highest BCUT2D eigenvalue weighted by Gasteiger charge is 2.14. The number of anilines is 1. The molecule has 0 heterocycles. The van der Waals surface area contributed by atoms with Gasteiger partial charge in [0.25, 0.3) is 0 Å². The van der Waals surface area contributed by atoms with Gasteiger partial charge in [0.1, 0.15) is 6.61 Å². The maximum absolute atomic E-state index is 6.47. The number of hydrogen-bond acceptors (Lipinski definition) is 3. The number of benzene rings is 3. The molecule has 3 rings (SSSR count). The minimum absolute atomic E-state index is 0.241. The van der Waals surface area contributed by atoms with Crippen LogP contribution in [-0.4, -0.2) is 7.11 Å². The molecule has 0 aliphatic carbocycles. The maximum Gasteiger partial charge on any atom is 0.180 e. The highest BCUT2D eigenvalue weighted by molar-refractivity contribution is 6.35. The number of hydrogen-bond donors (Lipinski definition) is 1. The smallest absolute Gasteiger partial charge is 0.180 e. The average molecular weight is 471 g/mol. The zero-order valence-corrected chi connectivity index (χ0v) is 18.9. The van der Waals surface area contributed by atoms with Crippen LogP contribution in [0.5, 0.6) is 11.5 Å². The molecule has 3 aromatic carbocycles. The third-order valence-electron chi connectivity index (χ3n) is 4.36. The van der Waals surface area contributed by atoms with Crippen LogP contribution >= 0.6 is 46.4 Å². The van der Waals surface area contributed by atoms with Crippen LogP contribution in [0.25, 0.3) is 0 Å². The van der Waals surface area contributed by atoms with Crippen LogP contribution in [-0.2, 0) is 13.2 Å². The summed E-state index contributed by atoms with van der Waals surface area (Å²) in [6.45, 7) is 2.82. The standard InChI is InChI=1S/C22H19Cl4NO2/c1-13-3-5-17(24)10-20(13)27-11-14-7-19(26)22(21(8-14)28-2)29-12-15-4-6-16(23)9-18(15)25/h3-10,27H,11-12H2,1-2H3. The molecule has 0 saturated carbocycles. The van der Waals surface area contributed by atoms with Crippen molar-refractivity contribution in [1.82, 2.24) is 0 Å². The van der Waals surface area contributed by atoms with Gasteiger partial charge in [-0.25, -0.2) is 0 Å². The average Bonchev–Trinajstić information content (AvgIpc) is 2.68. The van der Waals surface area contributed by atoms with E-state index in [4.69, 9.17) is 55.9 Å². The number of halogens is 4. The lowest BCUT2D eigenvalue weighted by Crippen LogP contribution is -2.03. The molecule has 1 N–H and O–H groups in total. The van der Waals surface area contributed by atoms with E-state index in [0.29, 0.717) is 38.1 Å². The summed E-state index contributed by atoms with van der Waals surface area (Å²) in [6.07, 6.45) is 0. The van der Waals surface area contributed by atoms with Gasteiger partial charge in [-0.15, -0.1) is 0 Å². The summed E-state index contributed by atoms with van der Waals surface area (Å²) in [5, 5.41) is 5.60. The summed E-state index contributed by atoms with van der Waals surface area (Å²) in [7, 11) is 1.58. The Hall–Kier alpha value is -1.78. The molecular weight excluding hydrogens is 452 g/mol. The van der Waals surface area contributed by atoms with E-state index in [1.54, 1.807) is 19.2 Å². The van der Waals surface area contributed by atoms with Crippen molar-refractivity contribution in [2.75, 3.05) is 12.4 Å². The fourth-order valence-corrected chi connectivity index (χ4v) is 3.71. The van der Waals surface area contributed by atoms with Gasteiger partial charge in [0.2, 0.25) is 0 Å². The van der Waals surface area contributed by atoms with Gasteiger partial charge in [0, 0.05) is 32.9 Å². The number of nitrogens with one attached hydrogen (secondary N) is 1. The first-order chi connectivity index (χ1) is 13.9. The first kappa shape index (κ1) is 21.9. The van der Waals surface area contributed by atoms with E-state index in [1.807, 2.05) is 43.3 Å². The van der Waals surface area contributed by atoms with Crippen LogP contribution < -0.4 is 14.8 Å². The van der Waals surface area contributed by atoms with Gasteiger partial charge >= 0.3 is 0 Å². The van der Waals surface area contributed by atoms with E-state index in [2.05, 4.69) is 5.32 Å². The third kappa shape index (κ3) is 5.64. The molecule has 3 aromatic rings. The van der Waals surface area contributed by atoms with Crippen molar-refractivity contribution in [3.8, 4) is 11.5 Å². The van der Waals surface area contributed by atoms with Crippen LogP contribution in [0, 0.1) is 6.92 Å². The summed E-state index contributed by atoms with van der Waals surface area (Å²) in [5.74, 6) is 1.00. The van der Waals surface area contributed by atoms with Gasteiger partial charge < -0.3 is 14.8 Å². The van der Waals surface area contributed by atoms with E-state index in [9.17, 15) is 0 Å². The van der Waals surface area contributed by atoms with Gasteiger partial charge in [0.15, 0.2) is 11.5 Å². The van der Waals surface area contributed by atoms with E-state index in [0.717, 1.165) is 22.4 Å². The first-order valence-electron chi connectivity index (χ1n) is 8.80. The molecule has 0 aromatic heterocycles. The van der Waals surface area contributed by atoms with Crippen molar-refractivity contribution in [1.29, 1.82) is 0 Å². The van der Waals surface area contributed by atoms with E-state index < -0.39 is 0 Å². The summed E-state index contributed by atoms with van der Waals surface area (Å²) >= 11 is 24.7. The quantitative estimate of drug-likeness (QED) is 0.381. The Balaban J connectivity index is 1.75. The molecule has 7 heteroatoms. The normalized spacial score (nSPS) is 10.7. The SMILES string of the molecule is COc1cc(CNc2cc(Cl)ccc2C)cc(Cl)c1OCc1ccc(Cl)cc1Cl. The molecule has 0 atom stereocenters. The van der Waals surface area contributed by atoms with Gasteiger partial charge in [-0.3, -0.25) is 0 Å². The van der Waals surface area contributed by atoms with Crippen molar-refractivity contribution in [3.63, 3.8) is 0 Å². The Morgan fingerprint density at radius 3 is 2.31 bits per heavy atom. The summed E-state index contributed by atoms with van der Waals surface area (Å²) < 4.78 is 11.4. The van der Waals surface area contributed by atoms with Gasteiger partial charge in [0.05, 0.1) is 12.1 Å². The molecule has 0 spiro atoms. The van der Waals surface area contributed by atoms with Gasteiger partial charge in [-0.2, -0.15) is 0 Å². The van der Waals surface area contributed by atoms with Gasteiger partial charge in [-0.05, 0) is 54.4 Å². The largest absolute Gasteiger partial charge is 0.493 e. The van der Waals surface area contributed by atoms with Crippen LogP contribution in [0.1, 0.15) is 16.7 Å². The first-order valence-corrected chi connectivity index (χ1v) is 10.3. The molecule has 0 bridgehead atoms. The fraction of sp³-hybridized carbons (Fsp3) is 0.182. The van der Waals surface area contributed by atoms with E-state index >= 15 is 0 Å². The Morgan fingerprint density at radius 2 is 1.59 bits per heavy atom. The molecule has 0 fully saturated rings. The predicted octanol–water partition coefficient (Wildman–Crippen LogP) is 7.81. The predicted molar refractivity (Wildman–Crippen MR) is 122 cm³/mol. The molecular formula is C22H19Cl4NO2. The van der Waals surface area contributed by atoms with Crippen LogP contribution in [0.4, 0.5) is 5.69 Å². The monoisotopic (exact) mass is 469 g/mol. The van der Waals surface area contributed by atoms with E-state index in [-0.39, 0.29) is 6.61 Å². The minimum atomic E-state index is 0.241. The number of methoxy groups -OCH3 is 1. The number of ether oxygens (including phenoxy) is 2. The van der Waals surface area contributed by atoms with Crippen molar-refractivity contribution in [2.45, 2.75) is 20.1 Å². The van der Waals surface area contributed by atoms with Crippen LogP contribution in [0.3, 0.4) is 0 Å². The molecule has 0 aliphatic heterocycles. The maximum atomic E-state index is 6.47. The Morgan fingerprint density at radius 1 is 0.862 bits per heavy atom. The number of aryl methyl sites for hydroxylation is 1. The summed E-state index contributed by atoms with van der Waals surface area (Å²) in [4.78, 5) is 0. The fourth-order valence-electron chi connectivity index (χ4n) is 2.79. The highest BCUT2D eigenvalue weighted by Crippen LogP contribution is 2.37. The highest BCUT2D eigenvalue weighted by atomic mass is 35.5. The van der Waals surface area contributed by atoms with Crippen molar-refractivity contribution in [3.05, 3.63) is 85.3 Å². The Bertz CT molecular complexity index is 1020. The van der Waals surface area contributed by atoms with Crippen LogP contribution in [0.2, 0.25) is 20.1 Å². The van der Waals surface area contributed by atoms with E-state index in [1.165, 1.54) is 0 Å². The van der Waals surface area contributed by atoms with Gasteiger partial charge in [-0.1, -0.05) is 58.5 Å². The molecule has 0 aliphatic rings. The molecule has 0 unspecified atom stereocenters. The van der Waals surface area contributed by atoms with Crippen molar-refractivity contribution < 1.29 is 9.47 Å². The zero-order chi connectivity index (χ0) is 21.0. The summed E-state index contributed by atoms with van der Waals surface area (Å²) in [6, 6.07) is 14.7. The lowest BCUT2D eigenvalue weighted by molar-refractivity contribution is 0.284. The lowest BCUT2D eigenvalue weighted by atomic mass is 10.1. The molecule has 0 amide bonds. The molecule has 0 saturated heterocycles. The second-order valence-corrected chi connectivity index (χ2v) is 8.13.